The highest BCUT2D eigenvalue weighted by atomic mass is 16.6. The van der Waals surface area contributed by atoms with Crippen LogP contribution in [0.25, 0.3) is 0 Å². The lowest BCUT2D eigenvalue weighted by Crippen LogP contribution is -2.15. The third kappa shape index (κ3) is 7.94. The molecule has 0 aliphatic rings. The molecule has 0 amide bonds. The summed E-state index contributed by atoms with van der Waals surface area (Å²) in [6, 6.07) is 18.8. The Morgan fingerprint density at radius 2 is 1.44 bits per heavy atom. The normalized spacial score (nSPS) is 11.9. The van der Waals surface area contributed by atoms with Gasteiger partial charge in [-0.2, -0.15) is 0 Å². The molecule has 5 heteroatoms. The van der Waals surface area contributed by atoms with Gasteiger partial charge in [0.1, 0.15) is 12.7 Å². The van der Waals surface area contributed by atoms with Gasteiger partial charge in [0.2, 0.25) is 0 Å². The second kappa shape index (κ2) is 11.4. The van der Waals surface area contributed by atoms with Gasteiger partial charge in [-0.25, -0.2) is 0 Å². The van der Waals surface area contributed by atoms with Crippen LogP contribution in [-0.2, 0) is 25.4 Å². The first-order chi connectivity index (χ1) is 12.3. The monoisotopic (exact) mass is 344 g/mol. The zero-order valence-corrected chi connectivity index (χ0v) is 14.2. The van der Waals surface area contributed by atoms with Gasteiger partial charge in [-0.15, -0.1) is 0 Å². The average Bonchev–Trinajstić information content (AvgIpc) is 2.65. The van der Waals surface area contributed by atoms with E-state index in [4.69, 9.17) is 14.2 Å². The molecule has 134 valence electrons. The van der Waals surface area contributed by atoms with Crippen LogP contribution < -0.4 is 0 Å². The summed E-state index contributed by atoms with van der Waals surface area (Å²) < 4.78 is 15.8. The number of carbonyl (C=O) groups is 1. The minimum absolute atomic E-state index is 0.221. The van der Waals surface area contributed by atoms with E-state index < -0.39 is 6.10 Å². The van der Waals surface area contributed by atoms with E-state index in [1.165, 1.54) is 0 Å². The van der Waals surface area contributed by atoms with Crippen molar-refractivity contribution >= 4 is 5.97 Å². The Morgan fingerprint density at radius 3 is 2.16 bits per heavy atom. The topological polar surface area (TPSA) is 65.0 Å². The standard InChI is InChI=1S/C20H24O5/c21-19(18-9-5-2-6-10-18)16-24-12-11-23-13-14-25-20(22)15-17-7-3-1-4-8-17/h1-10,19,21H,11-16H2. The second-order valence-corrected chi connectivity index (χ2v) is 5.50. The number of rotatable bonds is 11. The molecule has 0 aliphatic carbocycles. The van der Waals surface area contributed by atoms with Gasteiger partial charge >= 0.3 is 5.97 Å². The van der Waals surface area contributed by atoms with Crippen molar-refractivity contribution in [1.82, 2.24) is 0 Å². The molecule has 1 N–H and O–H groups in total. The molecule has 0 spiro atoms. The van der Waals surface area contributed by atoms with Gasteiger partial charge in [0.25, 0.3) is 0 Å². The van der Waals surface area contributed by atoms with Crippen LogP contribution in [0.5, 0.6) is 0 Å². The maximum atomic E-state index is 11.6. The minimum atomic E-state index is -0.639. The second-order valence-electron chi connectivity index (χ2n) is 5.50. The van der Waals surface area contributed by atoms with Crippen LogP contribution in [0.3, 0.4) is 0 Å². The maximum absolute atomic E-state index is 11.6. The molecule has 5 nitrogen and oxygen atoms in total. The summed E-state index contributed by atoms with van der Waals surface area (Å²) in [4.78, 5) is 11.6. The Morgan fingerprint density at radius 1 is 0.840 bits per heavy atom. The molecule has 0 fully saturated rings. The fraction of sp³-hybridized carbons (Fsp3) is 0.350. The lowest BCUT2D eigenvalue weighted by Gasteiger charge is -2.11. The van der Waals surface area contributed by atoms with E-state index >= 15 is 0 Å². The van der Waals surface area contributed by atoms with E-state index in [0.29, 0.717) is 19.8 Å². The molecule has 0 heterocycles. The number of aliphatic hydroxyl groups excluding tert-OH is 1. The highest BCUT2D eigenvalue weighted by Gasteiger charge is 2.06. The highest BCUT2D eigenvalue weighted by molar-refractivity contribution is 5.72. The molecule has 1 unspecified atom stereocenters. The molecule has 0 saturated heterocycles. The summed E-state index contributed by atoms with van der Waals surface area (Å²) in [5.74, 6) is -0.267. The first-order valence-corrected chi connectivity index (χ1v) is 8.34. The zero-order valence-electron chi connectivity index (χ0n) is 14.2. The number of benzene rings is 2. The number of esters is 1. The molecule has 2 rings (SSSR count). The Kier molecular flexibility index (Phi) is 8.69. The smallest absolute Gasteiger partial charge is 0.310 e. The third-order valence-electron chi connectivity index (χ3n) is 3.51. The largest absolute Gasteiger partial charge is 0.463 e. The van der Waals surface area contributed by atoms with E-state index in [0.717, 1.165) is 11.1 Å². The van der Waals surface area contributed by atoms with E-state index in [-0.39, 0.29) is 25.6 Å². The summed E-state index contributed by atoms with van der Waals surface area (Å²) in [6.45, 7) is 1.53. The van der Waals surface area contributed by atoms with Crippen LogP contribution in [0.4, 0.5) is 0 Å². The summed E-state index contributed by atoms with van der Waals surface area (Å²) >= 11 is 0. The molecule has 0 aliphatic heterocycles. The molecule has 0 bridgehead atoms. The molecule has 0 aromatic heterocycles. The van der Waals surface area contributed by atoms with Crippen molar-refractivity contribution < 1.29 is 24.1 Å². The number of hydrogen-bond donors (Lipinski definition) is 1. The van der Waals surface area contributed by atoms with Crippen molar-refractivity contribution in [2.75, 3.05) is 33.0 Å². The van der Waals surface area contributed by atoms with E-state index in [9.17, 15) is 9.90 Å². The van der Waals surface area contributed by atoms with E-state index in [1.54, 1.807) is 0 Å². The van der Waals surface area contributed by atoms with Gasteiger partial charge in [0.05, 0.1) is 32.8 Å². The molecule has 2 aromatic rings. The summed E-state index contributed by atoms with van der Waals surface area (Å²) in [7, 11) is 0. The molecule has 0 saturated carbocycles. The first-order valence-electron chi connectivity index (χ1n) is 8.34. The van der Waals surface area contributed by atoms with Crippen LogP contribution in [-0.4, -0.2) is 44.1 Å². The van der Waals surface area contributed by atoms with Crippen LogP contribution in [0.1, 0.15) is 17.2 Å². The van der Waals surface area contributed by atoms with E-state index in [1.807, 2.05) is 60.7 Å². The Labute approximate surface area is 148 Å². The highest BCUT2D eigenvalue weighted by Crippen LogP contribution is 2.11. The van der Waals surface area contributed by atoms with Crippen molar-refractivity contribution in [3.63, 3.8) is 0 Å². The number of carbonyl (C=O) groups excluding carboxylic acids is 1. The summed E-state index contributed by atoms with van der Waals surface area (Å²) in [6.07, 6.45) is -0.374. The first kappa shape index (κ1) is 19.1. The molecular formula is C20H24O5. The Balaban J connectivity index is 1.45. The molecule has 25 heavy (non-hydrogen) atoms. The van der Waals surface area contributed by atoms with E-state index in [2.05, 4.69) is 0 Å². The van der Waals surface area contributed by atoms with Crippen molar-refractivity contribution in [2.45, 2.75) is 12.5 Å². The molecule has 2 aromatic carbocycles. The van der Waals surface area contributed by atoms with Gasteiger partial charge < -0.3 is 19.3 Å². The predicted molar refractivity (Wildman–Crippen MR) is 94.1 cm³/mol. The van der Waals surface area contributed by atoms with Crippen molar-refractivity contribution in [3.05, 3.63) is 71.8 Å². The van der Waals surface area contributed by atoms with Crippen LogP contribution >= 0.6 is 0 Å². The Bertz CT molecular complexity index is 600. The number of ether oxygens (including phenoxy) is 3. The van der Waals surface area contributed by atoms with Gasteiger partial charge in [-0.05, 0) is 11.1 Å². The van der Waals surface area contributed by atoms with Gasteiger partial charge in [0.15, 0.2) is 0 Å². The minimum Gasteiger partial charge on any atom is -0.463 e. The molecular weight excluding hydrogens is 320 g/mol. The van der Waals surface area contributed by atoms with Gasteiger partial charge in [-0.3, -0.25) is 4.79 Å². The van der Waals surface area contributed by atoms with Crippen molar-refractivity contribution in [1.29, 1.82) is 0 Å². The molecule has 0 radical (unpaired) electrons. The van der Waals surface area contributed by atoms with Crippen LogP contribution in [0.15, 0.2) is 60.7 Å². The molecule has 1 atom stereocenters. The van der Waals surface area contributed by atoms with Gasteiger partial charge in [0, 0.05) is 0 Å². The van der Waals surface area contributed by atoms with Crippen molar-refractivity contribution in [3.8, 4) is 0 Å². The van der Waals surface area contributed by atoms with Crippen LogP contribution in [0.2, 0.25) is 0 Å². The number of hydrogen-bond acceptors (Lipinski definition) is 5. The fourth-order valence-corrected chi connectivity index (χ4v) is 2.21. The van der Waals surface area contributed by atoms with Crippen LogP contribution in [0, 0.1) is 0 Å². The predicted octanol–water partition coefficient (Wildman–Crippen LogP) is 2.54. The summed E-state index contributed by atoms with van der Waals surface area (Å²) in [5.41, 5.74) is 1.76. The Hall–Kier alpha value is -2.21. The summed E-state index contributed by atoms with van der Waals surface area (Å²) in [5, 5.41) is 9.92. The lowest BCUT2D eigenvalue weighted by atomic mass is 10.1. The quantitative estimate of drug-likeness (QED) is 0.501. The van der Waals surface area contributed by atoms with Gasteiger partial charge in [-0.1, -0.05) is 60.7 Å². The average molecular weight is 344 g/mol. The van der Waals surface area contributed by atoms with Crippen molar-refractivity contribution in [2.24, 2.45) is 0 Å². The SMILES string of the molecule is O=C(Cc1ccccc1)OCCOCCOCC(O)c1ccccc1. The number of aliphatic hydroxyl groups is 1. The lowest BCUT2D eigenvalue weighted by molar-refractivity contribution is -0.144. The third-order valence-corrected chi connectivity index (χ3v) is 3.51. The fourth-order valence-electron chi connectivity index (χ4n) is 2.21. The zero-order chi connectivity index (χ0) is 17.7. The maximum Gasteiger partial charge on any atom is 0.310 e.